The monoisotopic (exact) mass is 134 g/mol. The molecule has 5 heavy (non-hydrogen) atoms. The molecule has 0 aromatic heterocycles. The van der Waals surface area contributed by atoms with Crippen molar-refractivity contribution in [2.24, 2.45) is 0 Å². The molecule has 4 heteroatoms. The molecular weight excluding hydrogens is 131 g/mol. The number of rotatable bonds is 0. The highest BCUT2D eigenvalue weighted by Gasteiger charge is 1.67. The van der Waals surface area contributed by atoms with E-state index in [0.717, 1.165) is 0 Å². The Kier molecular flexibility index (Phi) is 8.72. The van der Waals surface area contributed by atoms with Crippen LogP contribution in [0.1, 0.15) is 7.43 Å². The van der Waals surface area contributed by atoms with Gasteiger partial charge in [-0.2, -0.15) is 0 Å². The second kappa shape index (κ2) is 4.73. The lowest BCUT2D eigenvalue weighted by molar-refractivity contribution is 0.698. The first kappa shape index (κ1) is 9.21. The first-order valence-corrected chi connectivity index (χ1v) is 3.28. The van der Waals surface area contributed by atoms with Crippen LogP contribution < -0.4 is 0 Å². The number of hydrogen-bond donors (Lipinski definition) is 0. The number of halogens is 2. The fraction of sp³-hybridized carbons (Fsp3) is 1.00. The molecule has 0 saturated carbocycles. The standard InChI is InChI=1S/CH4.Cl2OS/c;1-4(2)3/h1H4;. The van der Waals surface area contributed by atoms with E-state index in [4.69, 9.17) is 4.21 Å². The van der Waals surface area contributed by atoms with E-state index in [1.165, 1.54) is 0 Å². The third kappa shape index (κ3) is 66.2. The molecule has 0 fully saturated rings. The van der Waals surface area contributed by atoms with Gasteiger partial charge in [-0.15, -0.1) is 0 Å². The van der Waals surface area contributed by atoms with Gasteiger partial charge in [0.2, 0.25) is 9.23 Å². The van der Waals surface area contributed by atoms with E-state index in [0.29, 0.717) is 0 Å². The van der Waals surface area contributed by atoms with E-state index >= 15 is 0 Å². The molecule has 0 bridgehead atoms. The zero-order valence-corrected chi connectivity index (χ0v) is 3.90. The van der Waals surface area contributed by atoms with E-state index in [-0.39, 0.29) is 7.43 Å². The molecule has 0 saturated heterocycles. The van der Waals surface area contributed by atoms with Crippen molar-refractivity contribution >= 4 is 30.6 Å². The van der Waals surface area contributed by atoms with Crippen molar-refractivity contribution in [1.29, 1.82) is 0 Å². The van der Waals surface area contributed by atoms with Gasteiger partial charge >= 0.3 is 0 Å². The van der Waals surface area contributed by atoms with Crippen LogP contribution in [-0.4, -0.2) is 4.21 Å². The molecule has 0 aliphatic carbocycles. The second-order valence-electron chi connectivity index (χ2n) is 0.184. The summed E-state index contributed by atoms with van der Waals surface area (Å²) < 4.78 is 9.09. The van der Waals surface area contributed by atoms with Crippen LogP contribution in [0.15, 0.2) is 0 Å². The molecule has 0 atom stereocenters. The lowest BCUT2D eigenvalue weighted by Crippen LogP contribution is -1.41. The molecule has 0 N–H and O–H groups in total. The first-order valence-electron chi connectivity index (χ1n) is 0.475. The van der Waals surface area contributed by atoms with Gasteiger partial charge in [0.15, 0.2) is 0 Å². The predicted octanol–water partition coefficient (Wildman–Crippen LogP) is 1.68. The van der Waals surface area contributed by atoms with Crippen LogP contribution in [0.25, 0.3) is 0 Å². The van der Waals surface area contributed by atoms with Gasteiger partial charge in [0.05, 0.1) is 0 Å². The van der Waals surface area contributed by atoms with Crippen molar-refractivity contribution in [1.82, 2.24) is 0 Å². The Morgan fingerprint density at radius 3 is 1.40 bits per heavy atom. The van der Waals surface area contributed by atoms with Gasteiger partial charge in [0, 0.05) is 21.4 Å². The molecule has 0 aliphatic rings. The van der Waals surface area contributed by atoms with Crippen LogP contribution in [0.4, 0.5) is 0 Å². The largest absolute Gasteiger partial charge is 0.225 e. The Bertz CT molecular complexity index is 32.6. The Morgan fingerprint density at radius 2 is 1.40 bits per heavy atom. The van der Waals surface area contributed by atoms with Crippen molar-refractivity contribution in [2.45, 2.75) is 7.43 Å². The van der Waals surface area contributed by atoms with E-state index in [2.05, 4.69) is 21.4 Å². The zero-order valence-electron chi connectivity index (χ0n) is 1.57. The van der Waals surface area contributed by atoms with E-state index < -0.39 is 9.23 Å². The molecular formula is CH4Cl2OS. The normalized spacial score (nSPS) is 7.00. The smallest absolute Gasteiger partial charge is 0.211 e. The van der Waals surface area contributed by atoms with E-state index in [1.54, 1.807) is 0 Å². The second-order valence-corrected chi connectivity index (χ2v) is 2.71. The van der Waals surface area contributed by atoms with Gasteiger partial charge in [0.1, 0.15) is 0 Å². The van der Waals surface area contributed by atoms with Gasteiger partial charge in [-0.3, -0.25) is 0 Å². The maximum absolute atomic E-state index is 9.09. The third-order valence-electron chi connectivity index (χ3n) is 0. The highest BCUT2D eigenvalue weighted by Crippen LogP contribution is 1.89. The summed E-state index contributed by atoms with van der Waals surface area (Å²) in [7, 11) is 7.36. The van der Waals surface area contributed by atoms with Crippen molar-refractivity contribution < 1.29 is 4.21 Å². The summed E-state index contributed by atoms with van der Waals surface area (Å²) in [4.78, 5) is 0. The average Bonchev–Trinajstić information content (AvgIpc) is 0.811. The van der Waals surface area contributed by atoms with E-state index in [9.17, 15) is 0 Å². The van der Waals surface area contributed by atoms with Crippen molar-refractivity contribution in [2.75, 3.05) is 0 Å². The molecule has 0 aromatic rings. The molecule has 0 aliphatic heterocycles. The van der Waals surface area contributed by atoms with Crippen LogP contribution in [0.3, 0.4) is 0 Å². The summed E-state index contributed by atoms with van der Waals surface area (Å²) in [6.07, 6.45) is 0. The van der Waals surface area contributed by atoms with Gasteiger partial charge in [-0.1, -0.05) is 7.43 Å². The quantitative estimate of drug-likeness (QED) is 0.462. The Balaban J connectivity index is 0. The average molecular weight is 135 g/mol. The fourth-order valence-corrected chi connectivity index (χ4v) is 0. The maximum Gasteiger partial charge on any atom is 0.211 e. The summed E-state index contributed by atoms with van der Waals surface area (Å²) in [5.41, 5.74) is 0. The lowest BCUT2D eigenvalue weighted by atomic mass is 12.0. The first-order chi connectivity index (χ1) is 1.73. The molecule has 0 spiro atoms. The van der Waals surface area contributed by atoms with Crippen LogP contribution in [0, 0.1) is 0 Å². The molecule has 0 heterocycles. The minimum atomic E-state index is -1.67. The van der Waals surface area contributed by atoms with Crippen LogP contribution in [0.5, 0.6) is 0 Å². The SMILES string of the molecule is C.O=S(Cl)Cl. The molecule has 34 valence electrons. The van der Waals surface area contributed by atoms with Crippen LogP contribution in [-0.2, 0) is 9.23 Å². The fourth-order valence-electron chi connectivity index (χ4n) is 0. The predicted molar refractivity (Wildman–Crippen MR) is 26.6 cm³/mol. The van der Waals surface area contributed by atoms with Gasteiger partial charge in [-0.25, -0.2) is 4.21 Å². The van der Waals surface area contributed by atoms with Crippen LogP contribution >= 0.6 is 21.4 Å². The molecule has 1 nitrogen and oxygen atoms in total. The van der Waals surface area contributed by atoms with E-state index in [1.807, 2.05) is 0 Å². The Hall–Kier alpha value is 0.730. The molecule has 0 radical (unpaired) electrons. The summed E-state index contributed by atoms with van der Waals surface area (Å²) in [6.45, 7) is 0. The third-order valence-corrected chi connectivity index (χ3v) is 0. The molecule has 0 unspecified atom stereocenters. The van der Waals surface area contributed by atoms with Gasteiger partial charge in [0.25, 0.3) is 0 Å². The summed E-state index contributed by atoms with van der Waals surface area (Å²) in [5, 5.41) is 0. The highest BCUT2D eigenvalue weighted by molar-refractivity contribution is 8.26. The summed E-state index contributed by atoms with van der Waals surface area (Å²) in [5.74, 6) is 0. The minimum Gasteiger partial charge on any atom is -0.225 e. The van der Waals surface area contributed by atoms with Crippen molar-refractivity contribution in [3.8, 4) is 0 Å². The van der Waals surface area contributed by atoms with Gasteiger partial charge < -0.3 is 0 Å². The van der Waals surface area contributed by atoms with Crippen molar-refractivity contribution in [3.63, 3.8) is 0 Å². The molecule has 0 rings (SSSR count). The zero-order chi connectivity index (χ0) is 3.58. The summed E-state index contributed by atoms with van der Waals surface area (Å²) >= 11 is 0. The Morgan fingerprint density at radius 1 is 1.40 bits per heavy atom. The molecule has 0 aromatic carbocycles. The number of hydrogen-bond acceptors (Lipinski definition) is 1. The molecule has 0 amide bonds. The van der Waals surface area contributed by atoms with Crippen molar-refractivity contribution in [3.05, 3.63) is 0 Å². The lowest BCUT2D eigenvalue weighted by Gasteiger charge is -1.50. The topological polar surface area (TPSA) is 17.1 Å². The van der Waals surface area contributed by atoms with Crippen LogP contribution in [0.2, 0.25) is 0 Å². The minimum absolute atomic E-state index is 0. The van der Waals surface area contributed by atoms with Gasteiger partial charge in [-0.05, 0) is 0 Å². The summed E-state index contributed by atoms with van der Waals surface area (Å²) in [6, 6.07) is 0. The highest BCUT2D eigenvalue weighted by atomic mass is 36.0. The maximum atomic E-state index is 9.09. The Labute approximate surface area is 42.7 Å².